The summed E-state index contributed by atoms with van der Waals surface area (Å²) in [6, 6.07) is 5.61. The molecule has 2 aromatic rings. The summed E-state index contributed by atoms with van der Waals surface area (Å²) < 4.78 is 0. The number of anilines is 2. The van der Waals surface area contributed by atoms with Gasteiger partial charge in [-0.2, -0.15) is 0 Å². The molecule has 1 aromatic carbocycles. The van der Waals surface area contributed by atoms with Gasteiger partial charge in [0.1, 0.15) is 0 Å². The molecule has 0 aliphatic rings. The van der Waals surface area contributed by atoms with E-state index in [1.807, 2.05) is 18.2 Å². The molecule has 0 atom stereocenters. The predicted octanol–water partition coefficient (Wildman–Crippen LogP) is 7.77. The first-order chi connectivity index (χ1) is 14.7. The van der Waals surface area contributed by atoms with Crippen LogP contribution in [0.5, 0.6) is 0 Å². The van der Waals surface area contributed by atoms with E-state index in [0.717, 1.165) is 29.6 Å². The standard InChI is InChI=1S/C25H42N4O.ClH/c1-2-3-4-5-6-7-8-9-10-11-12-13-14-15-16-17-24(30)27-21-18-19-22-23(20-21)29-25(26)28-22;/h18-20H,2-17H2,1H3,(H,27,30)(H3,26,28,29);1H. The molecule has 0 aliphatic carbocycles. The third-order valence-electron chi connectivity index (χ3n) is 5.79. The summed E-state index contributed by atoms with van der Waals surface area (Å²) in [5, 5.41) is 2.97. The van der Waals surface area contributed by atoms with E-state index >= 15 is 0 Å². The minimum atomic E-state index is 0. The third kappa shape index (κ3) is 12.0. The number of nitrogens with zero attached hydrogens (tertiary/aromatic N) is 1. The van der Waals surface area contributed by atoms with E-state index in [1.165, 1.54) is 83.5 Å². The number of hydrogen-bond donors (Lipinski definition) is 3. The number of nitrogens with one attached hydrogen (secondary N) is 2. The highest BCUT2D eigenvalue weighted by Crippen LogP contribution is 2.18. The number of hydrogen-bond acceptors (Lipinski definition) is 3. The van der Waals surface area contributed by atoms with Crippen molar-refractivity contribution in [3.8, 4) is 0 Å². The van der Waals surface area contributed by atoms with E-state index in [0.29, 0.717) is 12.4 Å². The Balaban J connectivity index is 0.00000480. The summed E-state index contributed by atoms with van der Waals surface area (Å²) in [5.74, 6) is 0.475. The quantitative estimate of drug-likeness (QED) is 0.215. The van der Waals surface area contributed by atoms with Gasteiger partial charge in [-0.3, -0.25) is 4.79 Å². The van der Waals surface area contributed by atoms with Gasteiger partial charge in [-0.05, 0) is 24.6 Å². The molecule has 6 heteroatoms. The van der Waals surface area contributed by atoms with Crippen molar-refractivity contribution < 1.29 is 4.79 Å². The van der Waals surface area contributed by atoms with Gasteiger partial charge < -0.3 is 16.0 Å². The number of carbonyl (C=O) groups is 1. The molecule has 0 aliphatic heterocycles. The molecule has 176 valence electrons. The van der Waals surface area contributed by atoms with Gasteiger partial charge in [0.05, 0.1) is 11.0 Å². The van der Waals surface area contributed by atoms with E-state index in [2.05, 4.69) is 22.2 Å². The first-order valence-electron chi connectivity index (χ1n) is 12.2. The zero-order chi connectivity index (χ0) is 21.4. The molecular formula is C25H43ClN4O. The maximum Gasteiger partial charge on any atom is 0.224 e. The van der Waals surface area contributed by atoms with Crippen LogP contribution < -0.4 is 11.1 Å². The minimum absolute atomic E-state index is 0. The molecule has 1 heterocycles. The summed E-state index contributed by atoms with van der Waals surface area (Å²) in [5.41, 5.74) is 8.10. The van der Waals surface area contributed by atoms with Gasteiger partial charge in [-0.15, -0.1) is 12.4 Å². The lowest BCUT2D eigenvalue weighted by atomic mass is 10.0. The summed E-state index contributed by atoms with van der Waals surface area (Å²) in [6.07, 6.45) is 20.6. The van der Waals surface area contributed by atoms with Gasteiger partial charge in [0.15, 0.2) is 5.95 Å². The molecule has 0 fully saturated rings. The Kier molecular flexibility index (Phi) is 14.9. The van der Waals surface area contributed by atoms with Gasteiger partial charge in [0.2, 0.25) is 5.91 Å². The number of halogens is 1. The molecule has 0 bridgehead atoms. The number of H-pyrrole nitrogens is 1. The van der Waals surface area contributed by atoms with E-state index in [4.69, 9.17) is 5.73 Å². The normalized spacial score (nSPS) is 10.9. The molecular weight excluding hydrogens is 408 g/mol. The lowest BCUT2D eigenvalue weighted by Crippen LogP contribution is -2.10. The fourth-order valence-electron chi connectivity index (χ4n) is 3.99. The largest absolute Gasteiger partial charge is 0.369 e. The fraction of sp³-hybridized carbons (Fsp3) is 0.680. The van der Waals surface area contributed by atoms with E-state index < -0.39 is 0 Å². The van der Waals surface area contributed by atoms with Crippen LogP contribution in [0.3, 0.4) is 0 Å². The Morgan fingerprint density at radius 3 is 1.94 bits per heavy atom. The Labute approximate surface area is 194 Å². The Hall–Kier alpha value is -1.75. The number of aromatic nitrogens is 2. The number of unbranched alkanes of at least 4 members (excludes halogenated alkanes) is 14. The van der Waals surface area contributed by atoms with Crippen molar-refractivity contribution >= 4 is 41.0 Å². The van der Waals surface area contributed by atoms with E-state index in [9.17, 15) is 4.79 Å². The number of benzene rings is 1. The van der Waals surface area contributed by atoms with Crippen molar-refractivity contribution in [2.45, 2.75) is 110 Å². The summed E-state index contributed by atoms with van der Waals surface area (Å²) >= 11 is 0. The highest BCUT2D eigenvalue weighted by Gasteiger charge is 2.05. The lowest BCUT2D eigenvalue weighted by molar-refractivity contribution is -0.116. The maximum absolute atomic E-state index is 12.1. The van der Waals surface area contributed by atoms with Gasteiger partial charge in [-0.1, -0.05) is 96.8 Å². The first kappa shape index (κ1) is 27.3. The van der Waals surface area contributed by atoms with Crippen LogP contribution in [-0.4, -0.2) is 15.9 Å². The van der Waals surface area contributed by atoms with Gasteiger partial charge in [0, 0.05) is 12.1 Å². The number of fused-ring (bicyclic) bond motifs is 1. The average molecular weight is 451 g/mol. The molecule has 0 unspecified atom stereocenters. The molecule has 0 saturated heterocycles. The zero-order valence-corrected chi connectivity index (χ0v) is 20.2. The molecule has 2 rings (SSSR count). The Morgan fingerprint density at radius 2 is 1.39 bits per heavy atom. The molecule has 1 amide bonds. The SMILES string of the molecule is CCCCCCCCCCCCCCCCCC(=O)Nc1ccc2nc(N)[nH]c2c1.Cl. The average Bonchev–Trinajstić information content (AvgIpc) is 3.10. The van der Waals surface area contributed by atoms with Gasteiger partial charge in [0.25, 0.3) is 0 Å². The maximum atomic E-state index is 12.1. The Bertz CT molecular complexity index is 731. The molecule has 0 saturated carbocycles. The second kappa shape index (κ2) is 16.9. The van der Waals surface area contributed by atoms with Crippen LogP contribution in [0, 0.1) is 0 Å². The monoisotopic (exact) mass is 450 g/mol. The van der Waals surface area contributed by atoms with Crippen LogP contribution in [0.4, 0.5) is 11.6 Å². The molecule has 0 radical (unpaired) electrons. The van der Waals surface area contributed by atoms with Crippen LogP contribution in [-0.2, 0) is 4.79 Å². The number of nitrogens with two attached hydrogens (primary N) is 1. The van der Waals surface area contributed by atoms with Crippen molar-refractivity contribution in [2.24, 2.45) is 0 Å². The van der Waals surface area contributed by atoms with Crippen molar-refractivity contribution in [3.63, 3.8) is 0 Å². The number of amides is 1. The highest BCUT2D eigenvalue weighted by molar-refractivity contribution is 5.93. The second-order valence-corrected chi connectivity index (χ2v) is 8.60. The van der Waals surface area contributed by atoms with E-state index in [-0.39, 0.29) is 18.3 Å². The number of aromatic amines is 1. The highest BCUT2D eigenvalue weighted by atomic mass is 35.5. The number of rotatable bonds is 17. The van der Waals surface area contributed by atoms with Crippen molar-refractivity contribution in [1.29, 1.82) is 0 Å². The smallest absolute Gasteiger partial charge is 0.224 e. The van der Waals surface area contributed by atoms with Crippen LogP contribution in [0.2, 0.25) is 0 Å². The number of nitrogen functional groups attached to an aromatic ring is 1. The molecule has 4 N–H and O–H groups in total. The topological polar surface area (TPSA) is 83.8 Å². The van der Waals surface area contributed by atoms with Crippen molar-refractivity contribution in [3.05, 3.63) is 18.2 Å². The summed E-state index contributed by atoms with van der Waals surface area (Å²) in [7, 11) is 0. The fourth-order valence-corrected chi connectivity index (χ4v) is 3.99. The lowest BCUT2D eigenvalue weighted by Gasteiger charge is -2.06. The number of carbonyl (C=O) groups excluding carboxylic acids is 1. The molecule has 1 aromatic heterocycles. The predicted molar refractivity (Wildman–Crippen MR) is 136 cm³/mol. The molecule has 31 heavy (non-hydrogen) atoms. The van der Waals surface area contributed by atoms with Gasteiger partial charge >= 0.3 is 0 Å². The minimum Gasteiger partial charge on any atom is -0.369 e. The molecule has 5 nitrogen and oxygen atoms in total. The zero-order valence-electron chi connectivity index (χ0n) is 19.4. The van der Waals surface area contributed by atoms with Crippen LogP contribution in [0.25, 0.3) is 11.0 Å². The molecule has 0 spiro atoms. The van der Waals surface area contributed by atoms with Gasteiger partial charge in [-0.25, -0.2) is 4.98 Å². The summed E-state index contributed by atoms with van der Waals surface area (Å²) in [6.45, 7) is 2.28. The van der Waals surface area contributed by atoms with Crippen LogP contribution in [0.15, 0.2) is 18.2 Å². The van der Waals surface area contributed by atoms with Crippen LogP contribution >= 0.6 is 12.4 Å². The van der Waals surface area contributed by atoms with Crippen molar-refractivity contribution in [2.75, 3.05) is 11.1 Å². The van der Waals surface area contributed by atoms with E-state index in [1.54, 1.807) is 0 Å². The van der Waals surface area contributed by atoms with Crippen LogP contribution in [0.1, 0.15) is 110 Å². The third-order valence-corrected chi connectivity index (χ3v) is 5.79. The van der Waals surface area contributed by atoms with Crippen molar-refractivity contribution in [1.82, 2.24) is 9.97 Å². The first-order valence-corrected chi connectivity index (χ1v) is 12.2. The number of imidazole rings is 1. The second-order valence-electron chi connectivity index (χ2n) is 8.60. The Morgan fingerprint density at radius 1 is 0.871 bits per heavy atom. The summed E-state index contributed by atoms with van der Waals surface area (Å²) in [4.78, 5) is 19.3.